The number of nitrogens with two attached hydrogens (primary N) is 1. The number of carbonyl (C=O) groups excluding carboxylic acids is 1. The molecule has 0 spiro atoms. The van der Waals surface area contributed by atoms with Crippen LogP contribution in [0.1, 0.15) is 25.2 Å². The van der Waals surface area contributed by atoms with Crippen LogP contribution < -0.4 is 11.1 Å². The summed E-state index contributed by atoms with van der Waals surface area (Å²) < 4.78 is 7.52. The first-order valence-corrected chi connectivity index (χ1v) is 9.53. The summed E-state index contributed by atoms with van der Waals surface area (Å²) in [5.41, 5.74) is 10.3. The number of nitrogens with zero attached hydrogens (tertiary/aromatic N) is 3. The smallest absolute Gasteiger partial charge is 0.237 e. The number of fused-ring (bicyclic) bond motifs is 1. The summed E-state index contributed by atoms with van der Waals surface area (Å²) in [6.45, 7) is 7.77. The molecule has 0 unspecified atom stereocenters. The SMILES string of the molecule is CCOCCn1c(CNC(=O)[C@H](C)N)nc2ccc(-c3ccc(C)cc3)nc21.Cl. The van der Waals surface area contributed by atoms with Crippen LogP contribution >= 0.6 is 12.4 Å². The fraction of sp³-hybridized carbons (Fsp3) is 0.381. The molecule has 0 fully saturated rings. The van der Waals surface area contributed by atoms with Gasteiger partial charge < -0.3 is 20.4 Å². The first-order chi connectivity index (χ1) is 13.5. The number of rotatable bonds is 8. The van der Waals surface area contributed by atoms with Gasteiger partial charge in [-0.15, -0.1) is 12.4 Å². The van der Waals surface area contributed by atoms with E-state index in [9.17, 15) is 4.79 Å². The van der Waals surface area contributed by atoms with E-state index in [-0.39, 0.29) is 18.3 Å². The Morgan fingerprint density at radius 2 is 1.93 bits per heavy atom. The van der Waals surface area contributed by atoms with Crippen molar-refractivity contribution in [1.82, 2.24) is 19.9 Å². The van der Waals surface area contributed by atoms with Crippen molar-refractivity contribution >= 4 is 29.5 Å². The third kappa shape index (κ3) is 5.53. The van der Waals surface area contributed by atoms with Crippen LogP contribution in [0.2, 0.25) is 0 Å². The second kappa shape index (κ2) is 10.3. The van der Waals surface area contributed by atoms with Crippen molar-refractivity contribution in [2.75, 3.05) is 13.2 Å². The van der Waals surface area contributed by atoms with Crippen LogP contribution in [0.3, 0.4) is 0 Å². The van der Waals surface area contributed by atoms with Gasteiger partial charge in [-0.1, -0.05) is 29.8 Å². The normalized spacial score (nSPS) is 11.9. The standard InChI is InChI=1S/C21H27N5O2.ClH/c1-4-28-12-11-26-19(13-23-21(27)15(3)22)24-18-10-9-17(25-20(18)26)16-7-5-14(2)6-8-16;/h5-10,15H,4,11-13,22H2,1-3H3,(H,23,27);1H/t15-;/m0./s1. The molecule has 1 aromatic carbocycles. The first-order valence-electron chi connectivity index (χ1n) is 9.53. The van der Waals surface area contributed by atoms with Crippen molar-refractivity contribution in [3.63, 3.8) is 0 Å². The maximum atomic E-state index is 11.9. The molecule has 2 heterocycles. The van der Waals surface area contributed by atoms with E-state index >= 15 is 0 Å². The monoisotopic (exact) mass is 417 g/mol. The van der Waals surface area contributed by atoms with E-state index in [1.807, 2.05) is 23.6 Å². The predicted octanol–water partition coefficient (Wildman–Crippen LogP) is 2.83. The second-order valence-corrected chi connectivity index (χ2v) is 6.79. The molecule has 156 valence electrons. The van der Waals surface area contributed by atoms with Crippen molar-refractivity contribution in [1.29, 1.82) is 0 Å². The van der Waals surface area contributed by atoms with Crippen molar-refractivity contribution < 1.29 is 9.53 Å². The van der Waals surface area contributed by atoms with E-state index in [0.717, 1.165) is 28.2 Å². The fourth-order valence-electron chi connectivity index (χ4n) is 2.93. The zero-order valence-electron chi connectivity index (χ0n) is 17.0. The third-order valence-electron chi connectivity index (χ3n) is 4.52. The molecule has 3 rings (SSSR count). The van der Waals surface area contributed by atoms with E-state index in [4.69, 9.17) is 15.5 Å². The third-order valence-corrected chi connectivity index (χ3v) is 4.52. The van der Waals surface area contributed by atoms with Gasteiger partial charge in [0, 0.05) is 18.7 Å². The number of carbonyl (C=O) groups is 1. The lowest BCUT2D eigenvalue weighted by Crippen LogP contribution is -2.38. The van der Waals surface area contributed by atoms with Crippen LogP contribution in [-0.2, 0) is 22.6 Å². The number of pyridine rings is 1. The van der Waals surface area contributed by atoms with Gasteiger partial charge in [-0.25, -0.2) is 9.97 Å². The number of nitrogens with one attached hydrogen (secondary N) is 1. The molecule has 0 saturated heterocycles. The summed E-state index contributed by atoms with van der Waals surface area (Å²) in [4.78, 5) is 21.4. The van der Waals surface area contributed by atoms with Gasteiger partial charge in [0.1, 0.15) is 11.3 Å². The number of amides is 1. The zero-order chi connectivity index (χ0) is 20.1. The molecule has 29 heavy (non-hydrogen) atoms. The lowest BCUT2D eigenvalue weighted by molar-refractivity contribution is -0.122. The Morgan fingerprint density at radius 3 is 2.59 bits per heavy atom. The van der Waals surface area contributed by atoms with Gasteiger partial charge in [0.15, 0.2) is 5.65 Å². The van der Waals surface area contributed by atoms with Crippen LogP contribution in [0.25, 0.3) is 22.4 Å². The molecule has 0 aliphatic carbocycles. The molecule has 3 aromatic rings. The van der Waals surface area contributed by atoms with Gasteiger partial charge in [0.05, 0.1) is 24.9 Å². The summed E-state index contributed by atoms with van der Waals surface area (Å²) in [5, 5.41) is 2.83. The number of aromatic nitrogens is 3. The van der Waals surface area contributed by atoms with Gasteiger partial charge in [0.2, 0.25) is 5.91 Å². The highest BCUT2D eigenvalue weighted by molar-refractivity contribution is 5.85. The average Bonchev–Trinajstić information content (AvgIpc) is 3.03. The zero-order valence-corrected chi connectivity index (χ0v) is 17.8. The van der Waals surface area contributed by atoms with Crippen LogP contribution in [0.4, 0.5) is 0 Å². The quantitative estimate of drug-likeness (QED) is 0.549. The highest BCUT2D eigenvalue weighted by Gasteiger charge is 2.15. The second-order valence-electron chi connectivity index (χ2n) is 6.79. The van der Waals surface area contributed by atoms with Crippen LogP contribution in [-0.4, -0.2) is 39.7 Å². The molecule has 0 saturated carbocycles. The molecule has 0 bridgehead atoms. The minimum atomic E-state index is -0.562. The Balaban J connectivity index is 0.00000300. The lowest BCUT2D eigenvalue weighted by Gasteiger charge is -2.11. The molecular weight excluding hydrogens is 390 g/mol. The summed E-state index contributed by atoms with van der Waals surface area (Å²) in [6, 6.07) is 11.6. The molecule has 2 aromatic heterocycles. The Morgan fingerprint density at radius 1 is 1.21 bits per heavy atom. The van der Waals surface area contributed by atoms with E-state index in [0.29, 0.717) is 26.3 Å². The van der Waals surface area contributed by atoms with Crippen LogP contribution in [0.15, 0.2) is 36.4 Å². The number of ether oxygens (including phenoxy) is 1. The van der Waals surface area contributed by atoms with E-state index in [2.05, 4.69) is 41.5 Å². The Bertz CT molecular complexity index is 954. The Hall–Kier alpha value is -2.48. The maximum absolute atomic E-state index is 11.9. The van der Waals surface area contributed by atoms with Gasteiger partial charge in [0.25, 0.3) is 0 Å². The predicted molar refractivity (Wildman–Crippen MR) is 117 cm³/mol. The maximum Gasteiger partial charge on any atom is 0.237 e. The van der Waals surface area contributed by atoms with E-state index in [1.165, 1.54) is 5.56 Å². The molecule has 3 N–H and O–H groups in total. The van der Waals surface area contributed by atoms with E-state index < -0.39 is 6.04 Å². The lowest BCUT2D eigenvalue weighted by atomic mass is 10.1. The number of hydrogen-bond acceptors (Lipinski definition) is 5. The number of halogens is 1. The van der Waals surface area contributed by atoms with Gasteiger partial charge in [-0.3, -0.25) is 4.79 Å². The molecule has 1 atom stereocenters. The van der Waals surface area contributed by atoms with Crippen LogP contribution in [0.5, 0.6) is 0 Å². The first kappa shape index (κ1) is 22.8. The fourth-order valence-corrected chi connectivity index (χ4v) is 2.93. The molecule has 0 aliphatic heterocycles. The largest absolute Gasteiger partial charge is 0.380 e. The molecular formula is C21H28ClN5O2. The summed E-state index contributed by atoms with van der Waals surface area (Å²) >= 11 is 0. The molecule has 8 heteroatoms. The minimum Gasteiger partial charge on any atom is -0.380 e. The molecule has 7 nitrogen and oxygen atoms in total. The van der Waals surface area contributed by atoms with Gasteiger partial charge in [-0.2, -0.15) is 0 Å². The number of imidazole rings is 1. The minimum absolute atomic E-state index is 0. The van der Waals surface area contributed by atoms with E-state index in [1.54, 1.807) is 6.92 Å². The summed E-state index contributed by atoms with van der Waals surface area (Å²) in [6.07, 6.45) is 0. The average molecular weight is 418 g/mol. The number of benzene rings is 1. The highest BCUT2D eigenvalue weighted by atomic mass is 35.5. The molecule has 0 aliphatic rings. The Labute approximate surface area is 177 Å². The van der Waals surface area contributed by atoms with Gasteiger partial charge in [-0.05, 0) is 32.9 Å². The van der Waals surface area contributed by atoms with Crippen LogP contribution in [0, 0.1) is 6.92 Å². The summed E-state index contributed by atoms with van der Waals surface area (Å²) in [7, 11) is 0. The summed E-state index contributed by atoms with van der Waals surface area (Å²) in [5.74, 6) is 0.522. The Kier molecular flexibility index (Phi) is 8.13. The molecule has 0 radical (unpaired) electrons. The van der Waals surface area contributed by atoms with Crippen molar-refractivity contribution in [3.05, 3.63) is 47.8 Å². The highest BCUT2D eigenvalue weighted by Crippen LogP contribution is 2.22. The number of hydrogen-bond donors (Lipinski definition) is 2. The number of aryl methyl sites for hydroxylation is 1. The van der Waals surface area contributed by atoms with Gasteiger partial charge >= 0.3 is 0 Å². The topological polar surface area (TPSA) is 95.1 Å². The molecule has 1 amide bonds. The van der Waals surface area contributed by atoms with Crippen molar-refractivity contribution in [2.24, 2.45) is 5.73 Å². The van der Waals surface area contributed by atoms with Crippen molar-refractivity contribution in [3.8, 4) is 11.3 Å². The van der Waals surface area contributed by atoms with Crippen molar-refractivity contribution in [2.45, 2.75) is 39.9 Å².